The number of methoxy groups -OCH3 is 1. The van der Waals surface area contributed by atoms with Gasteiger partial charge in [0, 0.05) is 10.6 Å². The summed E-state index contributed by atoms with van der Waals surface area (Å²) in [6, 6.07) is 14.6. The van der Waals surface area contributed by atoms with Gasteiger partial charge in [-0.1, -0.05) is 48.0 Å². The minimum absolute atomic E-state index is 0.0524. The number of benzene rings is 2. The van der Waals surface area contributed by atoms with Crippen LogP contribution in [0.15, 0.2) is 48.5 Å². The number of hydrogen-bond donors (Lipinski definition) is 0. The zero-order valence-electron chi connectivity index (χ0n) is 15.7. The predicted molar refractivity (Wildman–Crippen MR) is 106 cm³/mol. The minimum atomic E-state index is -0.725. The molecular formula is C21H19ClN2O4. The molecule has 1 aromatic heterocycles. The van der Waals surface area contributed by atoms with Gasteiger partial charge in [-0.05, 0) is 31.5 Å². The van der Waals surface area contributed by atoms with Crippen LogP contribution in [-0.4, -0.2) is 35.4 Å². The van der Waals surface area contributed by atoms with Gasteiger partial charge in [0.05, 0.1) is 25.1 Å². The molecule has 0 saturated carbocycles. The van der Waals surface area contributed by atoms with Crippen molar-refractivity contribution < 1.29 is 19.1 Å². The first kappa shape index (κ1) is 19.6. The highest BCUT2D eigenvalue weighted by Crippen LogP contribution is 2.31. The Labute approximate surface area is 167 Å². The molecule has 0 radical (unpaired) electrons. The van der Waals surface area contributed by atoms with Gasteiger partial charge in [-0.25, -0.2) is 14.3 Å². The first-order valence-electron chi connectivity index (χ1n) is 8.68. The Hall–Kier alpha value is -3.12. The summed E-state index contributed by atoms with van der Waals surface area (Å²) in [4.78, 5) is 25.1. The van der Waals surface area contributed by atoms with Gasteiger partial charge < -0.3 is 9.47 Å². The summed E-state index contributed by atoms with van der Waals surface area (Å²) in [6.07, 6.45) is 0. The summed E-state index contributed by atoms with van der Waals surface area (Å²) in [5.41, 5.74) is 2.57. The fourth-order valence-corrected chi connectivity index (χ4v) is 2.99. The van der Waals surface area contributed by atoms with E-state index in [1.54, 1.807) is 13.0 Å². The average Bonchev–Trinajstić information content (AvgIpc) is 3.11. The maximum atomic E-state index is 12.7. The van der Waals surface area contributed by atoms with Crippen molar-refractivity contribution in [2.45, 2.75) is 13.8 Å². The van der Waals surface area contributed by atoms with E-state index in [1.165, 1.54) is 11.8 Å². The molecule has 7 heteroatoms. The van der Waals surface area contributed by atoms with Gasteiger partial charge in [-0.2, -0.15) is 5.10 Å². The molecule has 0 unspecified atom stereocenters. The lowest BCUT2D eigenvalue weighted by molar-refractivity contribution is 0.0503. The van der Waals surface area contributed by atoms with Gasteiger partial charge in [0.1, 0.15) is 5.56 Å². The predicted octanol–water partition coefficient (Wildman–Crippen LogP) is 4.46. The molecule has 0 N–H and O–H groups in total. The summed E-state index contributed by atoms with van der Waals surface area (Å²) in [7, 11) is 1.24. The first-order chi connectivity index (χ1) is 13.5. The van der Waals surface area contributed by atoms with Crippen LogP contribution >= 0.6 is 11.6 Å². The molecule has 0 fully saturated rings. The summed E-state index contributed by atoms with van der Waals surface area (Å²) < 4.78 is 11.5. The molecule has 0 amide bonds. The number of rotatable bonds is 5. The second-order valence-corrected chi connectivity index (χ2v) is 6.40. The van der Waals surface area contributed by atoms with Crippen molar-refractivity contribution >= 4 is 23.5 Å². The average molecular weight is 399 g/mol. The van der Waals surface area contributed by atoms with E-state index in [-0.39, 0.29) is 17.9 Å². The third-order valence-electron chi connectivity index (χ3n) is 4.19. The molecule has 0 saturated heterocycles. The summed E-state index contributed by atoms with van der Waals surface area (Å²) >= 11 is 6.29. The molecule has 0 aliphatic heterocycles. The molecule has 1 heterocycles. The zero-order valence-corrected chi connectivity index (χ0v) is 16.5. The van der Waals surface area contributed by atoms with Crippen molar-refractivity contribution in [3.63, 3.8) is 0 Å². The van der Waals surface area contributed by atoms with Crippen LogP contribution in [0.5, 0.6) is 0 Å². The second kappa shape index (κ2) is 8.27. The van der Waals surface area contributed by atoms with Crippen LogP contribution in [0.4, 0.5) is 0 Å². The topological polar surface area (TPSA) is 70.4 Å². The molecule has 144 valence electrons. The van der Waals surface area contributed by atoms with E-state index in [9.17, 15) is 9.59 Å². The Morgan fingerprint density at radius 2 is 1.82 bits per heavy atom. The highest BCUT2D eigenvalue weighted by atomic mass is 35.5. The molecule has 0 spiro atoms. The summed E-state index contributed by atoms with van der Waals surface area (Å²) in [6.45, 7) is 3.74. The maximum Gasteiger partial charge on any atom is 0.359 e. The van der Waals surface area contributed by atoms with Crippen LogP contribution in [0, 0.1) is 6.92 Å². The van der Waals surface area contributed by atoms with Crippen molar-refractivity contribution in [3.8, 4) is 16.9 Å². The molecule has 28 heavy (non-hydrogen) atoms. The molecule has 6 nitrogen and oxygen atoms in total. The second-order valence-electron chi connectivity index (χ2n) is 6.00. The third kappa shape index (κ3) is 3.64. The number of esters is 2. The van der Waals surface area contributed by atoms with Crippen molar-refractivity contribution in [2.75, 3.05) is 13.7 Å². The SMILES string of the molecule is CCOC(=O)c1c(C(=O)OC)nn(-c2ccc(C)c(Cl)c2)c1-c1ccccc1. The fraction of sp³-hybridized carbons (Fsp3) is 0.190. The zero-order chi connectivity index (χ0) is 20.3. The van der Waals surface area contributed by atoms with Gasteiger partial charge in [0.25, 0.3) is 0 Å². The Balaban J connectivity index is 2.36. The number of ether oxygens (including phenoxy) is 2. The lowest BCUT2D eigenvalue weighted by atomic mass is 10.0. The van der Waals surface area contributed by atoms with E-state index in [4.69, 9.17) is 21.1 Å². The van der Waals surface area contributed by atoms with Crippen molar-refractivity contribution in [3.05, 3.63) is 70.4 Å². The van der Waals surface area contributed by atoms with Crippen LogP contribution < -0.4 is 0 Å². The molecule has 0 aliphatic carbocycles. The quantitative estimate of drug-likeness (QED) is 0.593. The number of carbonyl (C=O) groups excluding carboxylic acids is 2. The van der Waals surface area contributed by atoms with Gasteiger partial charge in [0.2, 0.25) is 0 Å². The summed E-state index contributed by atoms with van der Waals surface area (Å²) in [5, 5.41) is 4.93. The molecule has 3 rings (SSSR count). The Bertz CT molecular complexity index is 1030. The minimum Gasteiger partial charge on any atom is -0.464 e. The third-order valence-corrected chi connectivity index (χ3v) is 4.60. The number of halogens is 1. The van der Waals surface area contributed by atoms with E-state index >= 15 is 0 Å². The number of nitrogens with zero attached hydrogens (tertiary/aromatic N) is 2. The molecular weight excluding hydrogens is 380 g/mol. The highest BCUT2D eigenvalue weighted by Gasteiger charge is 2.31. The van der Waals surface area contributed by atoms with E-state index in [0.717, 1.165) is 5.56 Å². The standard InChI is InChI=1S/C21H19ClN2O4/c1-4-28-20(25)17-18(21(26)27-3)23-24(15-11-10-13(2)16(22)12-15)19(17)14-8-6-5-7-9-14/h5-12H,4H2,1-3H3. The number of aryl methyl sites for hydroxylation is 1. The van der Waals surface area contributed by atoms with Crippen molar-refractivity contribution in [1.29, 1.82) is 0 Å². The lowest BCUT2D eigenvalue weighted by Crippen LogP contribution is -2.12. The van der Waals surface area contributed by atoms with Crippen molar-refractivity contribution in [1.82, 2.24) is 9.78 Å². The number of aromatic nitrogens is 2. The normalized spacial score (nSPS) is 10.6. The molecule has 0 atom stereocenters. The van der Waals surface area contributed by atoms with Crippen molar-refractivity contribution in [2.24, 2.45) is 0 Å². The Kier molecular flexibility index (Phi) is 5.80. The summed E-state index contributed by atoms with van der Waals surface area (Å²) in [5.74, 6) is -1.37. The van der Waals surface area contributed by atoms with Crippen LogP contribution in [0.1, 0.15) is 33.3 Å². The largest absolute Gasteiger partial charge is 0.464 e. The Morgan fingerprint density at radius 1 is 1.11 bits per heavy atom. The molecule has 2 aromatic carbocycles. The van der Waals surface area contributed by atoms with E-state index in [2.05, 4.69) is 5.10 Å². The fourth-order valence-electron chi connectivity index (χ4n) is 2.82. The smallest absolute Gasteiger partial charge is 0.359 e. The number of hydrogen-bond acceptors (Lipinski definition) is 5. The van der Waals surface area contributed by atoms with Crippen LogP contribution in [-0.2, 0) is 9.47 Å². The first-order valence-corrected chi connectivity index (χ1v) is 9.06. The lowest BCUT2D eigenvalue weighted by Gasteiger charge is -2.11. The van der Waals surface area contributed by atoms with Gasteiger partial charge in [0.15, 0.2) is 5.69 Å². The molecule has 0 aliphatic rings. The van der Waals surface area contributed by atoms with Crippen LogP contribution in [0.2, 0.25) is 5.02 Å². The maximum absolute atomic E-state index is 12.7. The van der Waals surface area contributed by atoms with Gasteiger partial charge in [-0.15, -0.1) is 0 Å². The van der Waals surface area contributed by atoms with E-state index in [0.29, 0.717) is 22.0 Å². The van der Waals surface area contributed by atoms with E-state index in [1.807, 2.05) is 49.4 Å². The van der Waals surface area contributed by atoms with E-state index < -0.39 is 11.9 Å². The van der Waals surface area contributed by atoms with Crippen LogP contribution in [0.25, 0.3) is 16.9 Å². The van der Waals surface area contributed by atoms with Crippen LogP contribution in [0.3, 0.4) is 0 Å². The Morgan fingerprint density at radius 3 is 2.43 bits per heavy atom. The molecule has 3 aromatic rings. The number of carbonyl (C=O) groups is 2. The highest BCUT2D eigenvalue weighted by molar-refractivity contribution is 6.31. The van der Waals surface area contributed by atoms with Gasteiger partial charge >= 0.3 is 11.9 Å². The molecule has 0 bridgehead atoms. The monoisotopic (exact) mass is 398 g/mol. The van der Waals surface area contributed by atoms with Gasteiger partial charge in [-0.3, -0.25) is 0 Å².